The molecule has 0 spiro atoms. The normalized spacial score (nSPS) is 21.9. The van der Waals surface area contributed by atoms with Gasteiger partial charge in [-0.3, -0.25) is 14.4 Å². The first kappa shape index (κ1) is 26.0. The number of ether oxygens (including phenoxy) is 1. The minimum Gasteiger partial charge on any atom is -0.365 e. The van der Waals surface area contributed by atoms with Crippen LogP contribution in [0, 0.1) is 12.3 Å². The van der Waals surface area contributed by atoms with Crippen LogP contribution in [0.25, 0.3) is 10.9 Å². The summed E-state index contributed by atoms with van der Waals surface area (Å²) in [6.07, 6.45) is 3.56. The third-order valence-corrected chi connectivity index (χ3v) is 6.85. The lowest BCUT2D eigenvalue weighted by Gasteiger charge is -2.45. The number of nitrogens with one attached hydrogen (secondary N) is 3. The van der Waals surface area contributed by atoms with Crippen LogP contribution in [0.2, 0.25) is 0 Å². The number of carbonyl (C=O) groups is 3. The minimum atomic E-state index is -1.43. The van der Waals surface area contributed by atoms with Crippen molar-refractivity contribution in [2.45, 2.75) is 78.0 Å². The van der Waals surface area contributed by atoms with Gasteiger partial charge in [0.1, 0.15) is 5.82 Å². The summed E-state index contributed by atoms with van der Waals surface area (Å²) in [4.78, 5) is 47.2. The maximum atomic E-state index is 12.9. The number of hydrogen-bond acceptors (Lipinski definition) is 8. The van der Waals surface area contributed by atoms with Gasteiger partial charge in [0, 0.05) is 31.1 Å². The molecule has 1 aliphatic heterocycles. The Balaban J connectivity index is 1.60. The van der Waals surface area contributed by atoms with Crippen LogP contribution in [-0.4, -0.2) is 64.0 Å². The number of hydrazine groups is 1. The van der Waals surface area contributed by atoms with Crippen molar-refractivity contribution in [2.75, 3.05) is 19.0 Å². The summed E-state index contributed by atoms with van der Waals surface area (Å²) in [5, 5.41) is 8.31. The molecule has 36 heavy (non-hydrogen) atoms. The summed E-state index contributed by atoms with van der Waals surface area (Å²) >= 11 is 0. The van der Waals surface area contributed by atoms with Crippen molar-refractivity contribution >= 4 is 34.4 Å². The molecule has 194 valence electrons. The summed E-state index contributed by atoms with van der Waals surface area (Å²) in [5.41, 5.74) is 3.33. The number of anilines is 1. The lowest BCUT2D eigenvalue weighted by atomic mass is 9.89. The maximum absolute atomic E-state index is 12.9. The number of β-lactam (4-membered cyclic amide) rings is 2. The van der Waals surface area contributed by atoms with Gasteiger partial charge in [-0.1, -0.05) is 45.2 Å². The van der Waals surface area contributed by atoms with Crippen LogP contribution in [0.4, 0.5) is 5.82 Å². The Morgan fingerprint density at radius 2 is 1.81 bits per heavy atom. The Labute approximate surface area is 211 Å². The van der Waals surface area contributed by atoms with E-state index in [1.165, 1.54) is 14.0 Å². The number of carbonyl (C=O) groups excluding carboxylic acids is 3. The molecule has 2 fully saturated rings. The molecule has 2 atom stereocenters. The van der Waals surface area contributed by atoms with Crippen molar-refractivity contribution in [1.82, 2.24) is 25.7 Å². The zero-order valence-electron chi connectivity index (χ0n) is 21.9. The largest absolute Gasteiger partial charge is 0.365 e. The second-order valence-electron chi connectivity index (χ2n) is 11.1. The van der Waals surface area contributed by atoms with Gasteiger partial charge in [-0.25, -0.2) is 20.4 Å². The molecule has 1 saturated heterocycles. The number of aryl methyl sites for hydroxylation is 1. The predicted octanol–water partition coefficient (Wildman–Crippen LogP) is 2.72. The van der Waals surface area contributed by atoms with Gasteiger partial charge < -0.3 is 15.4 Å². The van der Waals surface area contributed by atoms with E-state index in [4.69, 9.17) is 4.74 Å². The number of methoxy groups -OCH3 is 1. The van der Waals surface area contributed by atoms with Crippen LogP contribution in [-0.2, 0) is 14.3 Å². The highest BCUT2D eigenvalue weighted by Gasteiger charge is 2.59. The third kappa shape index (κ3) is 5.05. The third-order valence-electron chi connectivity index (χ3n) is 6.85. The second-order valence-corrected chi connectivity index (χ2v) is 11.1. The van der Waals surface area contributed by atoms with Gasteiger partial charge in [0.05, 0.1) is 5.52 Å². The molecular formula is C26H36N6O4. The lowest BCUT2D eigenvalue weighted by molar-refractivity contribution is -0.196. The summed E-state index contributed by atoms with van der Waals surface area (Å²) in [5.74, 6) is -0.474. The average Bonchev–Trinajstić information content (AvgIpc) is 2.85. The smallest absolute Gasteiger partial charge is 0.289 e. The Morgan fingerprint density at radius 1 is 1.14 bits per heavy atom. The Kier molecular flexibility index (Phi) is 7.03. The molecule has 2 aliphatic rings. The molecule has 1 aliphatic carbocycles. The fraction of sp³-hybridized carbons (Fsp3) is 0.577. The van der Waals surface area contributed by atoms with E-state index in [-0.39, 0.29) is 29.2 Å². The molecule has 1 saturated carbocycles. The molecule has 3 N–H and O–H groups in total. The number of fused-ring (bicyclic) bond motifs is 1. The average molecular weight is 497 g/mol. The first-order valence-electron chi connectivity index (χ1n) is 12.5. The number of nitrogens with zero attached hydrogens (tertiary/aromatic N) is 3. The fourth-order valence-corrected chi connectivity index (χ4v) is 4.53. The number of rotatable bonds is 7. The standard InChI is InChI=1S/C26H36N6O4/c1-15-11-12-17-16(13-15)20(30-21(28-17)22(33)27-14-25(2,3)4)29-18-9-7-8-10-19(18)31-32-23(34)26(5,36-6)24(32)35/h11-13,18-19,31H,7-10,14H2,1-6H3,(H,27,33)(H,28,29,30)/t18-,19+/m0/s1. The molecule has 2 aromatic rings. The van der Waals surface area contributed by atoms with Gasteiger partial charge in [0.25, 0.3) is 17.7 Å². The SMILES string of the molecule is COC1(C)C(=O)N(N[C@@H]2CCCC[C@@H]2Nc2nc(C(=O)NCC(C)(C)C)nc3ccc(C)cc23)C1=O. The van der Waals surface area contributed by atoms with E-state index in [1.807, 2.05) is 45.9 Å². The number of imide groups is 1. The lowest BCUT2D eigenvalue weighted by Crippen LogP contribution is -2.76. The molecule has 10 nitrogen and oxygen atoms in total. The Bertz CT molecular complexity index is 1170. The van der Waals surface area contributed by atoms with Crippen LogP contribution in [0.1, 0.15) is 69.6 Å². The van der Waals surface area contributed by atoms with Crippen molar-refractivity contribution in [1.29, 1.82) is 0 Å². The van der Waals surface area contributed by atoms with Gasteiger partial charge in [0.15, 0.2) is 0 Å². The minimum absolute atomic E-state index is 0.0731. The molecular weight excluding hydrogens is 460 g/mol. The van der Waals surface area contributed by atoms with Crippen molar-refractivity contribution in [2.24, 2.45) is 5.41 Å². The zero-order valence-corrected chi connectivity index (χ0v) is 21.9. The molecule has 1 aromatic carbocycles. The molecule has 3 amide bonds. The predicted molar refractivity (Wildman–Crippen MR) is 136 cm³/mol. The number of amides is 3. The molecule has 10 heteroatoms. The van der Waals surface area contributed by atoms with Gasteiger partial charge in [-0.15, -0.1) is 0 Å². The first-order chi connectivity index (χ1) is 16.9. The zero-order chi connectivity index (χ0) is 26.3. The van der Waals surface area contributed by atoms with Gasteiger partial charge in [-0.2, -0.15) is 0 Å². The van der Waals surface area contributed by atoms with Gasteiger partial charge >= 0.3 is 0 Å². The molecule has 0 unspecified atom stereocenters. The summed E-state index contributed by atoms with van der Waals surface area (Å²) in [6, 6.07) is 5.54. The van der Waals surface area contributed by atoms with E-state index >= 15 is 0 Å². The maximum Gasteiger partial charge on any atom is 0.289 e. The summed E-state index contributed by atoms with van der Waals surface area (Å²) in [6.45, 7) is 10.1. The van der Waals surface area contributed by atoms with Crippen LogP contribution < -0.4 is 16.1 Å². The quantitative estimate of drug-likeness (QED) is 0.395. The molecule has 4 rings (SSSR count). The van der Waals surface area contributed by atoms with Gasteiger partial charge in [-0.05, 0) is 44.2 Å². The molecule has 0 radical (unpaired) electrons. The Hall–Kier alpha value is -3.11. The number of aromatic nitrogens is 2. The van der Waals surface area contributed by atoms with E-state index < -0.39 is 17.4 Å². The number of hydrogen-bond donors (Lipinski definition) is 3. The topological polar surface area (TPSA) is 126 Å². The molecule has 2 heterocycles. The van der Waals surface area contributed by atoms with Crippen LogP contribution in [0.15, 0.2) is 18.2 Å². The van der Waals surface area contributed by atoms with Crippen molar-refractivity contribution in [3.8, 4) is 0 Å². The van der Waals surface area contributed by atoms with E-state index in [1.54, 1.807) is 0 Å². The number of benzene rings is 1. The molecule has 0 bridgehead atoms. The van der Waals surface area contributed by atoms with E-state index in [2.05, 4.69) is 26.0 Å². The Morgan fingerprint density at radius 3 is 2.44 bits per heavy atom. The van der Waals surface area contributed by atoms with Gasteiger partial charge in [0.2, 0.25) is 11.4 Å². The van der Waals surface area contributed by atoms with Crippen LogP contribution >= 0.6 is 0 Å². The van der Waals surface area contributed by atoms with Crippen molar-refractivity contribution in [3.63, 3.8) is 0 Å². The first-order valence-corrected chi connectivity index (χ1v) is 12.5. The summed E-state index contributed by atoms with van der Waals surface area (Å²) in [7, 11) is 1.36. The van der Waals surface area contributed by atoms with E-state index in [0.717, 1.165) is 41.6 Å². The van der Waals surface area contributed by atoms with E-state index in [0.29, 0.717) is 17.9 Å². The summed E-state index contributed by atoms with van der Waals surface area (Å²) < 4.78 is 5.12. The highest BCUT2D eigenvalue weighted by molar-refractivity contribution is 6.24. The van der Waals surface area contributed by atoms with Crippen LogP contribution in [0.3, 0.4) is 0 Å². The van der Waals surface area contributed by atoms with Crippen molar-refractivity contribution in [3.05, 3.63) is 29.6 Å². The molecule has 1 aromatic heterocycles. The highest BCUT2D eigenvalue weighted by atomic mass is 16.5. The van der Waals surface area contributed by atoms with Crippen molar-refractivity contribution < 1.29 is 19.1 Å². The fourth-order valence-electron chi connectivity index (χ4n) is 4.53. The second kappa shape index (κ2) is 9.74. The highest BCUT2D eigenvalue weighted by Crippen LogP contribution is 2.30. The van der Waals surface area contributed by atoms with E-state index in [9.17, 15) is 14.4 Å². The monoisotopic (exact) mass is 496 g/mol. The van der Waals surface area contributed by atoms with Crippen LogP contribution in [0.5, 0.6) is 0 Å².